The highest BCUT2D eigenvalue weighted by Crippen LogP contribution is 2.33. The Morgan fingerprint density at radius 3 is 3.00 bits per heavy atom. The van der Waals surface area contributed by atoms with Crippen molar-refractivity contribution < 1.29 is 14.0 Å². The molecule has 4 rings (SSSR count). The maximum Gasteiger partial charge on any atom is 0.224 e. The number of nitrogens with zero attached hydrogens (tertiary/aromatic N) is 4. The minimum Gasteiger partial charge on any atom is -0.350 e. The van der Waals surface area contributed by atoms with E-state index in [-0.39, 0.29) is 23.5 Å². The molecule has 1 aromatic carbocycles. The lowest BCUT2D eigenvalue weighted by Gasteiger charge is -2.28. The molecule has 0 saturated heterocycles. The standard InChI is InChI=1S/C19H17ClFN5O2/c20-16-9-14(18(21)19-15(16)8-13(11-27)23-19)12-2-1-5-25(10-12)17(28)3-6-26-7-4-22-24-26/h2,4,7-9,11,23H,1,3,5-6,10H2. The van der Waals surface area contributed by atoms with Gasteiger partial charge in [-0.15, -0.1) is 5.10 Å². The van der Waals surface area contributed by atoms with E-state index in [0.29, 0.717) is 53.9 Å². The summed E-state index contributed by atoms with van der Waals surface area (Å²) in [5, 5.41) is 8.38. The van der Waals surface area contributed by atoms with Gasteiger partial charge in [-0.25, -0.2) is 4.39 Å². The van der Waals surface area contributed by atoms with Gasteiger partial charge >= 0.3 is 0 Å². The van der Waals surface area contributed by atoms with E-state index in [0.717, 1.165) is 0 Å². The first-order chi connectivity index (χ1) is 13.6. The number of aryl methyl sites for hydroxylation is 1. The summed E-state index contributed by atoms with van der Waals surface area (Å²) in [4.78, 5) is 28.0. The molecule has 0 fully saturated rings. The lowest BCUT2D eigenvalue weighted by molar-refractivity contribution is -0.131. The molecular formula is C19H17ClFN5O2. The number of carbonyl (C=O) groups is 2. The van der Waals surface area contributed by atoms with Gasteiger partial charge in [0, 0.05) is 36.7 Å². The number of nitrogens with one attached hydrogen (secondary N) is 1. The number of carbonyl (C=O) groups excluding carboxylic acids is 2. The maximum atomic E-state index is 15.1. The van der Waals surface area contributed by atoms with Crippen molar-refractivity contribution >= 4 is 40.3 Å². The largest absolute Gasteiger partial charge is 0.350 e. The summed E-state index contributed by atoms with van der Waals surface area (Å²) in [6.45, 7) is 1.32. The fourth-order valence-electron chi connectivity index (χ4n) is 3.41. The Hall–Kier alpha value is -3.00. The molecule has 9 heteroatoms. The number of hydrogen-bond donors (Lipinski definition) is 1. The van der Waals surface area contributed by atoms with E-state index >= 15 is 4.39 Å². The average Bonchev–Trinajstić information content (AvgIpc) is 3.39. The van der Waals surface area contributed by atoms with Crippen LogP contribution in [0.4, 0.5) is 4.39 Å². The Bertz CT molecular complexity index is 1070. The first-order valence-electron chi connectivity index (χ1n) is 8.84. The molecule has 3 aromatic rings. The lowest BCUT2D eigenvalue weighted by atomic mass is 9.99. The first kappa shape index (κ1) is 18.4. The Labute approximate surface area is 164 Å². The number of benzene rings is 1. The molecule has 1 aliphatic rings. The van der Waals surface area contributed by atoms with E-state index in [4.69, 9.17) is 11.6 Å². The van der Waals surface area contributed by atoms with E-state index in [9.17, 15) is 9.59 Å². The summed E-state index contributed by atoms with van der Waals surface area (Å²) in [6.07, 6.45) is 6.72. The third kappa shape index (κ3) is 3.43. The normalized spacial score (nSPS) is 14.4. The van der Waals surface area contributed by atoms with Crippen molar-refractivity contribution in [3.63, 3.8) is 0 Å². The Morgan fingerprint density at radius 2 is 2.25 bits per heavy atom. The second-order valence-electron chi connectivity index (χ2n) is 6.60. The Morgan fingerprint density at radius 1 is 1.39 bits per heavy atom. The van der Waals surface area contributed by atoms with Crippen LogP contribution in [0.2, 0.25) is 5.02 Å². The zero-order chi connectivity index (χ0) is 19.7. The van der Waals surface area contributed by atoms with Gasteiger partial charge in [0.15, 0.2) is 12.1 Å². The molecule has 0 unspecified atom stereocenters. The molecule has 0 spiro atoms. The van der Waals surface area contributed by atoms with E-state index in [1.54, 1.807) is 28.0 Å². The maximum absolute atomic E-state index is 15.1. The van der Waals surface area contributed by atoms with Gasteiger partial charge in [0.1, 0.15) is 0 Å². The predicted molar refractivity (Wildman–Crippen MR) is 102 cm³/mol. The minimum atomic E-state index is -0.476. The van der Waals surface area contributed by atoms with Crippen molar-refractivity contribution in [3.8, 4) is 0 Å². The highest BCUT2D eigenvalue weighted by Gasteiger charge is 2.23. The molecule has 1 amide bonds. The van der Waals surface area contributed by atoms with Crippen molar-refractivity contribution in [1.29, 1.82) is 0 Å². The summed E-state index contributed by atoms with van der Waals surface area (Å²) in [5.74, 6) is -0.507. The van der Waals surface area contributed by atoms with Crippen LogP contribution in [0.1, 0.15) is 28.9 Å². The van der Waals surface area contributed by atoms with E-state index in [1.807, 2.05) is 6.08 Å². The topological polar surface area (TPSA) is 83.9 Å². The van der Waals surface area contributed by atoms with Gasteiger partial charge in [0.05, 0.1) is 29.0 Å². The smallest absolute Gasteiger partial charge is 0.224 e. The Balaban J connectivity index is 1.56. The van der Waals surface area contributed by atoms with Crippen molar-refractivity contribution in [3.05, 3.63) is 52.7 Å². The third-order valence-electron chi connectivity index (χ3n) is 4.83. The monoisotopic (exact) mass is 401 g/mol. The molecule has 0 radical (unpaired) electrons. The van der Waals surface area contributed by atoms with E-state index in [1.165, 1.54) is 6.07 Å². The van der Waals surface area contributed by atoms with Crippen molar-refractivity contribution in [2.24, 2.45) is 0 Å². The number of aromatic nitrogens is 4. The number of fused-ring (bicyclic) bond motifs is 1. The quantitative estimate of drug-likeness (QED) is 0.666. The summed E-state index contributed by atoms with van der Waals surface area (Å²) in [6, 6.07) is 3.07. The molecular weight excluding hydrogens is 385 g/mol. The molecule has 0 aliphatic carbocycles. The fraction of sp³-hybridized carbons (Fsp3) is 0.263. The second kappa shape index (κ2) is 7.55. The number of aromatic amines is 1. The summed E-state index contributed by atoms with van der Waals surface area (Å²) in [5.41, 5.74) is 1.49. The molecule has 1 aliphatic heterocycles. The van der Waals surface area contributed by atoms with Crippen LogP contribution in [0, 0.1) is 5.82 Å². The van der Waals surface area contributed by atoms with Gasteiger partial charge in [-0.2, -0.15) is 0 Å². The average molecular weight is 402 g/mol. The van der Waals surface area contributed by atoms with Crippen molar-refractivity contribution in [1.82, 2.24) is 24.9 Å². The van der Waals surface area contributed by atoms with Crippen LogP contribution >= 0.6 is 11.6 Å². The van der Waals surface area contributed by atoms with Crippen LogP contribution in [0.3, 0.4) is 0 Å². The van der Waals surface area contributed by atoms with Gasteiger partial charge in [-0.05, 0) is 24.1 Å². The third-order valence-corrected chi connectivity index (χ3v) is 5.14. The van der Waals surface area contributed by atoms with Gasteiger partial charge in [-0.1, -0.05) is 22.9 Å². The summed E-state index contributed by atoms with van der Waals surface area (Å²) < 4.78 is 16.7. The van der Waals surface area contributed by atoms with Gasteiger partial charge in [0.2, 0.25) is 5.91 Å². The van der Waals surface area contributed by atoms with Gasteiger partial charge in [-0.3, -0.25) is 14.3 Å². The van der Waals surface area contributed by atoms with Crippen molar-refractivity contribution in [2.45, 2.75) is 19.4 Å². The second-order valence-corrected chi connectivity index (χ2v) is 7.01. The molecule has 28 heavy (non-hydrogen) atoms. The van der Waals surface area contributed by atoms with Gasteiger partial charge in [0.25, 0.3) is 0 Å². The minimum absolute atomic E-state index is 0.0307. The zero-order valence-corrected chi connectivity index (χ0v) is 15.6. The predicted octanol–water partition coefficient (Wildman–Crippen LogP) is 3.07. The molecule has 3 heterocycles. The van der Waals surface area contributed by atoms with Gasteiger partial charge < -0.3 is 9.88 Å². The van der Waals surface area contributed by atoms with Crippen LogP contribution < -0.4 is 0 Å². The number of hydrogen-bond acceptors (Lipinski definition) is 4. The number of amides is 1. The first-order valence-corrected chi connectivity index (χ1v) is 9.22. The number of rotatable bonds is 5. The highest BCUT2D eigenvalue weighted by atomic mass is 35.5. The van der Waals surface area contributed by atoms with E-state index in [2.05, 4.69) is 15.3 Å². The van der Waals surface area contributed by atoms with Crippen LogP contribution in [-0.2, 0) is 11.3 Å². The highest BCUT2D eigenvalue weighted by molar-refractivity contribution is 6.35. The van der Waals surface area contributed by atoms with Crippen molar-refractivity contribution in [2.75, 3.05) is 13.1 Å². The van der Waals surface area contributed by atoms with Crippen LogP contribution in [0.25, 0.3) is 16.5 Å². The SMILES string of the molecule is O=Cc1cc2c(Cl)cc(C3=CCCN(C(=O)CCn4ccnn4)C3)c(F)c2[nH]1. The molecule has 0 bridgehead atoms. The summed E-state index contributed by atoms with van der Waals surface area (Å²) in [7, 11) is 0. The van der Waals surface area contributed by atoms with Crippen LogP contribution in [0.5, 0.6) is 0 Å². The summed E-state index contributed by atoms with van der Waals surface area (Å²) >= 11 is 6.30. The van der Waals surface area contributed by atoms with Crippen LogP contribution in [0.15, 0.2) is 30.6 Å². The number of H-pyrrole nitrogens is 1. The zero-order valence-electron chi connectivity index (χ0n) is 14.9. The molecule has 1 N–H and O–H groups in total. The molecule has 7 nitrogen and oxygen atoms in total. The van der Waals surface area contributed by atoms with E-state index < -0.39 is 5.82 Å². The molecule has 0 atom stereocenters. The molecule has 144 valence electrons. The fourth-order valence-corrected chi connectivity index (χ4v) is 3.67. The Kier molecular flexibility index (Phi) is 4.95. The molecule has 2 aromatic heterocycles. The van der Waals surface area contributed by atoms with Crippen LogP contribution in [-0.4, -0.2) is 50.2 Å². The molecule has 0 saturated carbocycles. The lowest BCUT2D eigenvalue weighted by Crippen LogP contribution is -2.36. The number of aldehydes is 1. The number of halogens is 2.